The molecule has 0 amide bonds. The molecule has 2 aromatic heterocycles. The Morgan fingerprint density at radius 3 is 2.61 bits per heavy atom. The lowest BCUT2D eigenvalue weighted by Crippen LogP contribution is -2.30. The fourth-order valence-corrected chi connectivity index (χ4v) is 3.97. The number of hydrogen-bond acceptors (Lipinski definition) is 4. The van der Waals surface area contributed by atoms with Crippen LogP contribution in [0.5, 0.6) is 0 Å². The monoisotopic (exact) mass is 433 g/mol. The molecule has 1 aliphatic carbocycles. The number of nitrogens with one attached hydrogen (secondary N) is 1. The third kappa shape index (κ3) is 4.70. The first-order valence-corrected chi connectivity index (χ1v) is 11.0. The third-order valence-electron chi connectivity index (χ3n) is 5.70. The van der Waals surface area contributed by atoms with E-state index in [4.69, 9.17) is 16.6 Å². The molecular formula is C24H24ClN5O. The number of para-hydroxylation sites is 1. The van der Waals surface area contributed by atoms with Crippen LogP contribution in [0.15, 0.2) is 65.6 Å². The summed E-state index contributed by atoms with van der Waals surface area (Å²) in [6.45, 7) is 2.53. The first-order valence-electron chi connectivity index (χ1n) is 10.6. The molecule has 0 aliphatic heterocycles. The highest BCUT2D eigenvalue weighted by molar-refractivity contribution is 6.30. The lowest BCUT2D eigenvalue weighted by Gasteiger charge is -2.21. The summed E-state index contributed by atoms with van der Waals surface area (Å²) in [5, 5.41) is 5.65. The minimum atomic E-state index is -0.147. The summed E-state index contributed by atoms with van der Waals surface area (Å²) in [6.07, 6.45) is 5.07. The molecule has 0 radical (unpaired) electrons. The predicted molar refractivity (Wildman–Crippen MR) is 123 cm³/mol. The van der Waals surface area contributed by atoms with Crippen molar-refractivity contribution >= 4 is 22.6 Å². The maximum Gasteiger partial charge on any atom is 0.262 e. The van der Waals surface area contributed by atoms with E-state index in [1.165, 1.54) is 18.4 Å². The van der Waals surface area contributed by atoms with Crippen molar-refractivity contribution < 1.29 is 0 Å². The largest absolute Gasteiger partial charge is 0.309 e. The number of aromatic nitrogens is 4. The van der Waals surface area contributed by atoms with Crippen molar-refractivity contribution in [1.82, 2.24) is 24.6 Å². The first-order chi connectivity index (χ1) is 15.2. The molecule has 0 unspecified atom stereocenters. The Balaban J connectivity index is 1.39. The molecule has 1 N–H and O–H groups in total. The van der Waals surface area contributed by atoms with Crippen LogP contribution in [0.2, 0.25) is 5.02 Å². The van der Waals surface area contributed by atoms with Gasteiger partial charge in [-0.1, -0.05) is 41.9 Å². The number of fused-ring (bicyclic) bond motifs is 1. The van der Waals surface area contributed by atoms with Gasteiger partial charge in [-0.25, -0.2) is 9.67 Å². The molecule has 1 fully saturated rings. The van der Waals surface area contributed by atoms with Gasteiger partial charge in [0.1, 0.15) is 11.2 Å². The van der Waals surface area contributed by atoms with Crippen LogP contribution in [0.3, 0.4) is 0 Å². The number of rotatable bonds is 8. The van der Waals surface area contributed by atoms with E-state index >= 15 is 0 Å². The second kappa shape index (κ2) is 8.65. The normalized spacial score (nSPS) is 13.9. The maximum atomic E-state index is 12.7. The van der Waals surface area contributed by atoms with Gasteiger partial charge >= 0.3 is 0 Å². The van der Waals surface area contributed by atoms with E-state index in [0.717, 1.165) is 36.1 Å². The molecule has 0 atom stereocenters. The molecular weight excluding hydrogens is 410 g/mol. The zero-order valence-corrected chi connectivity index (χ0v) is 17.9. The average molecular weight is 434 g/mol. The highest BCUT2D eigenvalue weighted by Crippen LogP contribution is 2.30. The van der Waals surface area contributed by atoms with Gasteiger partial charge in [0.15, 0.2) is 5.65 Å². The quantitative estimate of drug-likeness (QED) is 0.452. The molecule has 158 valence electrons. The number of nitrogens with zero attached hydrogens (tertiary/aromatic N) is 4. The van der Waals surface area contributed by atoms with Crippen LogP contribution in [0, 0.1) is 5.92 Å². The van der Waals surface area contributed by atoms with Crippen LogP contribution in [0.25, 0.3) is 16.7 Å². The highest BCUT2D eigenvalue weighted by atomic mass is 35.5. The van der Waals surface area contributed by atoms with Gasteiger partial charge in [0.05, 0.1) is 18.4 Å². The van der Waals surface area contributed by atoms with E-state index in [2.05, 4.69) is 27.1 Å². The summed E-state index contributed by atoms with van der Waals surface area (Å²) in [5.41, 5.74) is 2.59. The van der Waals surface area contributed by atoms with Crippen molar-refractivity contribution in [3.05, 3.63) is 87.6 Å². The summed E-state index contributed by atoms with van der Waals surface area (Å²) < 4.78 is 1.73. The van der Waals surface area contributed by atoms with Crippen molar-refractivity contribution in [3.63, 3.8) is 0 Å². The van der Waals surface area contributed by atoms with Gasteiger partial charge in [-0.2, -0.15) is 5.10 Å². The van der Waals surface area contributed by atoms with E-state index < -0.39 is 0 Å². The second-order valence-corrected chi connectivity index (χ2v) is 8.63. The van der Waals surface area contributed by atoms with E-state index in [9.17, 15) is 4.79 Å². The lowest BCUT2D eigenvalue weighted by molar-refractivity contribution is 0.251. The van der Waals surface area contributed by atoms with E-state index in [-0.39, 0.29) is 5.56 Å². The molecule has 4 aromatic rings. The first kappa shape index (κ1) is 20.0. The number of aromatic amines is 1. The molecule has 7 heteroatoms. The Bertz CT molecular complexity index is 1230. The SMILES string of the molecule is O=c1[nH]c(CN(CCc2ccc(Cl)cc2)CC2CC2)nc2c1cnn2-c1ccccc1. The van der Waals surface area contributed by atoms with Crippen molar-refractivity contribution in [2.75, 3.05) is 13.1 Å². The summed E-state index contributed by atoms with van der Waals surface area (Å²) in [4.78, 5) is 22.8. The molecule has 0 saturated heterocycles. The van der Waals surface area contributed by atoms with Crippen LogP contribution in [-0.4, -0.2) is 37.7 Å². The van der Waals surface area contributed by atoms with Crippen molar-refractivity contribution in [2.45, 2.75) is 25.8 Å². The zero-order chi connectivity index (χ0) is 21.2. The minimum Gasteiger partial charge on any atom is -0.309 e. The summed E-state index contributed by atoms with van der Waals surface area (Å²) in [7, 11) is 0. The van der Waals surface area contributed by atoms with Crippen LogP contribution in [0.1, 0.15) is 24.2 Å². The molecule has 1 aliphatic rings. The Kier molecular flexibility index (Phi) is 5.57. The minimum absolute atomic E-state index is 0.147. The van der Waals surface area contributed by atoms with Gasteiger partial charge in [-0.15, -0.1) is 0 Å². The molecule has 1 saturated carbocycles. The topological polar surface area (TPSA) is 66.8 Å². The fourth-order valence-electron chi connectivity index (χ4n) is 3.85. The van der Waals surface area contributed by atoms with Gasteiger partial charge in [-0.05, 0) is 55.0 Å². The molecule has 6 nitrogen and oxygen atoms in total. The summed E-state index contributed by atoms with van der Waals surface area (Å²) in [6, 6.07) is 17.8. The number of benzene rings is 2. The Morgan fingerprint density at radius 1 is 1.10 bits per heavy atom. The molecule has 31 heavy (non-hydrogen) atoms. The van der Waals surface area contributed by atoms with Crippen molar-refractivity contribution in [3.8, 4) is 5.69 Å². The average Bonchev–Trinajstić information content (AvgIpc) is 3.49. The van der Waals surface area contributed by atoms with E-state index in [1.807, 2.05) is 42.5 Å². The Morgan fingerprint density at radius 2 is 1.87 bits per heavy atom. The molecule has 0 bridgehead atoms. The van der Waals surface area contributed by atoms with E-state index in [1.54, 1.807) is 10.9 Å². The number of halogens is 1. The van der Waals surface area contributed by atoms with Crippen LogP contribution >= 0.6 is 11.6 Å². The van der Waals surface area contributed by atoms with Gasteiger partial charge < -0.3 is 4.98 Å². The van der Waals surface area contributed by atoms with Gasteiger partial charge in [0.25, 0.3) is 5.56 Å². The zero-order valence-electron chi connectivity index (χ0n) is 17.2. The molecule has 2 heterocycles. The summed E-state index contributed by atoms with van der Waals surface area (Å²) >= 11 is 6.01. The molecule has 2 aromatic carbocycles. The Hall–Kier alpha value is -2.96. The number of hydrogen-bond donors (Lipinski definition) is 1. The van der Waals surface area contributed by atoms with Crippen LogP contribution < -0.4 is 5.56 Å². The lowest BCUT2D eigenvalue weighted by atomic mass is 10.1. The highest BCUT2D eigenvalue weighted by Gasteiger charge is 2.25. The van der Waals surface area contributed by atoms with Gasteiger partial charge in [0, 0.05) is 18.1 Å². The third-order valence-corrected chi connectivity index (χ3v) is 5.96. The second-order valence-electron chi connectivity index (χ2n) is 8.20. The Labute approximate surface area is 185 Å². The summed E-state index contributed by atoms with van der Waals surface area (Å²) in [5.74, 6) is 1.42. The van der Waals surface area contributed by atoms with Gasteiger partial charge in [-0.3, -0.25) is 9.69 Å². The molecule has 0 spiro atoms. The standard InChI is InChI=1S/C24H24ClN5O/c25-19-10-8-17(9-11-19)12-13-29(15-18-6-7-18)16-22-27-23-21(24(31)28-22)14-26-30(23)20-4-2-1-3-5-20/h1-5,8-11,14,18H,6-7,12-13,15-16H2,(H,27,28,31). The number of H-pyrrole nitrogens is 1. The maximum absolute atomic E-state index is 12.7. The predicted octanol–water partition coefficient (Wildman–Crippen LogP) is 4.22. The molecule has 5 rings (SSSR count). The fraction of sp³-hybridized carbons (Fsp3) is 0.292. The van der Waals surface area contributed by atoms with Crippen molar-refractivity contribution in [2.24, 2.45) is 5.92 Å². The smallest absolute Gasteiger partial charge is 0.262 e. The van der Waals surface area contributed by atoms with Gasteiger partial charge in [0.2, 0.25) is 0 Å². The van der Waals surface area contributed by atoms with Crippen molar-refractivity contribution in [1.29, 1.82) is 0 Å². The van der Waals surface area contributed by atoms with E-state index in [0.29, 0.717) is 23.4 Å². The van der Waals surface area contributed by atoms with Crippen LogP contribution in [-0.2, 0) is 13.0 Å². The van der Waals surface area contributed by atoms with Crippen LogP contribution in [0.4, 0.5) is 0 Å².